The second-order valence-electron chi connectivity index (χ2n) is 3.65. The first-order chi connectivity index (χ1) is 9.16. The molecule has 1 heterocycles. The predicted molar refractivity (Wildman–Crippen MR) is 78.3 cm³/mol. The van der Waals surface area contributed by atoms with Crippen molar-refractivity contribution in [1.82, 2.24) is 15.8 Å². The molecule has 0 bridgehead atoms. The number of nitrogens with zero attached hydrogens (tertiary/aromatic N) is 1. The standard InChI is InChI=1S/C13H10IN3O2/c14-11-3-1-2-10(8-11)13(19)17-16-12(18)9-4-6-15-7-5-9/h1-8H,(H,16,18)(H,17,19). The summed E-state index contributed by atoms with van der Waals surface area (Å²) in [7, 11) is 0. The highest BCUT2D eigenvalue weighted by atomic mass is 127. The number of pyridine rings is 1. The predicted octanol–water partition coefficient (Wildman–Crippen LogP) is 1.76. The summed E-state index contributed by atoms with van der Waals surface area (Å²) >= 11 is 2.12. The number of rotatable bonds is 2. The molecule has 2 N–H and O–H groups in total. The molecular formula is C13H10IN3O2. The third-order valence-corrected chi connectivity index (χ3v) is 2.99. The van der Waals surface area contributed by atoms with E-state index in [9.17, 15) is 9.59 Å². The van der Waals surface area contributed by atoms with Gasteiger partial charge in [0.15, 0.2) is 0 Å². The van der Waals surface area contributed by atoms with Gasteiger partial charge in [-0.05, 0) is 52.9 Å². The van der Waals surface area contributed by atoms with E-state index in [0.717, 1.165) is 3.57 Å². The van der Waals surface area contributed by atoms with Crippen LogP contribution in [0.25, 0.3) is 0 Å². The van der Waals surface area contributed by atoms with Gasteiger partial charge in [0.25, 0.3) is 11.8 Å². The zero-order valence-corrected chi connectivity index (χ0v) is 11.9. The van der Waals surface area contributed by atoms with Gasteiger partial charge in [-0.1, -0.05) is 6.07 Å². The lowest BCUT2D eigenvalue weighted by Gasteiger charge is -2.07. The maximum Gasteiger partial charge on any atom is 0.269 e. The smallest absolute Gasteiger partial charge is 0.267 e. The Morgan fingerprint density at radius 3 is 2.21 bits per heavy atom. The molecule has 19 heavy (non-hydrogen) atoms. The van der Waals surface area contributed by atoms with Crippen LogP contribution in [0.5, 0.6) is 0 Å². The Hall–Kier alpha value is -1.96. The van der Waals surface area contributed by atoms with E-state index in [4.69, 9.17) is 0 Å². The van der Waals surface area contributed by atoms with Crippen molar-refractivity contribution < 1.29 is 9.59 Å². The molecule has 0 aliphatic carbocycles. The van der Waals surface area contributed by atoms with E-state index in [2.05, 4.69) is 38.4 Å². The number of hydrogen-bond donors (Lipinski definition) is 2. The van der Waals surface area contributed by atoms with Gasteiger partial charge in [-0.25, -0.2) is 0 Å². The highest BCUT2D eigenvalue weighted by Crippen LogP contribution is 2.07. The van der Waals surface area contributed by atoms with Gasteiger partial charge in [-0.3, -0.25) is 25.4 Å². The number of hydrazine groups is 1. The number of carbonyl (C=O) groups excluding carboxylic acids is 2. The van der Waals surface area contributed by atoms with E-state index in [0.29, 0.717) is 11.1 Å². The average Bonchev–Trinajstić information content (AvgIpc) is 2.45. The van der Waals surface area contributed by atoms with Crippen molar-refractivity contribution in [3.05, 3.63) is 63.5 Å². The Bertz CT molecular complexity index is 602. The van der Waals surface area contributed by atoms with Crippen LogP contribution in [0, 0.1) is 3.57 Å². The summed E-state index contributed by atoms with van der Waals surface area (Å²) in [5, 5.41) is 0. The van der Waals surface area contributed by atoms with Crippen LogP contribution in [0.4, 0.5) is 0 Å². The molecule has 0 saturated heterocycles. The first-order valence-electron chi connectivity index (χ1n) is 5.43. The Labute approximate surface area is 123 Å². The molecule has 1 aromatic carbocycles. The molecule has 0 radical (unpaired) electrons. The third kappa shape index (κ3) is 3.75. The summed E-state index contributed by atoms with van der Waals surface area (Å²) in [6, 6.07) is 10.2. The zero-order chi connectivity index (χ0) is 13.7. The highest BCUT2D eigenvalue weighted by Gasteiger charge is 2.08. The molecular weight excluding hydrogens is 357 g/mol. The van der Waals surface area contributed by atoms with Crippen LogP contribution in [0.2, 0.25) is 0 Å². The minimum atomic E-state index is -0.388. The van der Waals surface area contributed by atoms with E-state index in [1.54, 1.807) is 30.3 Å². The molecule has 5 nitrogen and oxygen atoms in total. The first kappa shape index (κ1) is 13.5. The quantitative estimate of drug-likeness (QED) is 0.628. The second-order valence-corrected chi connectivity index (χ2v) is 4.90. The number of carbonyl (C=O) groups is 2. The van der Waals surface area contributed by atoms with Gasteiger partial charge in [-0.2, -0.15) is 0 Å². The molecule has 2 amide bonds. The molecule has 96 valence electrons. The summed E-state index contributed by atoms with van der Waals surface area (Å²) in [5.41, 5.74) is 5.63. The molecule has 0 unspecified atom stereocenters. The maximum absolute atomic E-state index is 11.8. The lowest BCUT2D eigenvalue weighted by Crippen LogP contribution is -2.41. The SMILES string of the molecule is O=C(NNC(=O)c1cccc(I)c1)c1ccncc1. The summed E-state index contributed by atoms with van der Waals surface area (Å²) in [6.45, 7) is 0. The van der Waals surface area contributed by atoms with Crippen molar-refractivity contribution in [3.8, 4) is 0 Å². The normalized spacial score (nSPS) is 9.74. The van der Waals surface area contributed by atoms with Crippen molar-refractivity contribution in [2.75, 3.05) is 0 Å². The van der Waals surface area contributed by atoms with Crippen LogP contribution in [0.15, 0.2) is 48.8 Å². The zero-order valence-electron chi connectivity index (χ0n) is 9.76. The molecule has 0 saturated carbocycles. The van der Waals surface area contributed by atoms with Crippen LogP contribution in [0.1, 0.15) is 20.7 Å². The van der Waals surface area contributed by atoms with Crippen LogP contribution >= 0.6 is 22.6 Å². The van der Waals surface area contributed by atoms with E-state index in [1.165, 1.54) is 12.4 Å². The lowest BCUT2D eigenvalue weighted by molar-refractivity contribution is 0.0846. The fourth-order valence-corrected chi connectivity index (χ4v) is 1.93. The van der Waals surface area contributed by atoms with Crippen LogP contribution in [0.3, 0.4) is 0 Å². The van der Waals surface area contributed by atoms with Crippen molar-refractivity contribution >= 4 is 34.4 Å². The summed E-state index contributed by atoms with van der Waals surface area (Å²) in [6.07, 6.45) is 3.02. The maximum atomic E-state index is 11.8. The lowest BCUT2D eigenvalue weighted by atomic mass is 10.2. The van der Waals surface area contributed by atoms with Gasteiger partial charge in [0.2, 0.25) is 0 Å². The van der Waals surface area contributed by atoms with Gasteiger partial charge in [0, 0.05) is 27.1 Å². The van der Waals surface area contributed by atoms with E-state index in [1.807, 2.05) is 6.07 Å². The molecule has 2 rings (SSSR count). The Morgan fingerprint density at radius 2 is 1.58 bits per heavy atom. The number of hydrogen-bond acceptors (Lipinski definition) is 3. The van der Waals surface area contributed by atoms with E-state index >= 15 is 0 Å². The molecule has 0 atom stereocenters. The molecule has 6 heteroatoms. The molecule has 1 aromatic heterocycles. The monoisotopic (exact) mass is 367 g/mol. The second kappa shape index (κ2) is 6.28. The number of halogens is 1. The van der Waals surface area contributed by atoms with Gasteiger partial charge in [-0.15, -0.1) is 0 Å². The van der Waals surface area contributed by atoms with Crippen molar-refractivity contribution in [1.29, 1.82) is 0 Å². The Balaban J connectivity index is 1.96. The fraction of sp³-hybridized carbons (Fsp3) is 0. The largest absolute Gasteiger partial charge is 0.269 e. The average molecular weight is 367 g/mol. The van der Waals surface area contributed by atoms with Crippen LogP contribution < -0.4 is 10.9 Å². The summed E-state index contributed by atoms with van der Waals surface area (Å²) in [4.78, 5) is 27.3. The van der Waals surface area contributed by atoms with Crippen LogP contribution in [-0.2, 0) is 0 Å². The minimum Gasteiger partial charge on any atom is -0.267 e. The van der Waals surface area contributed by atoms with Crippen molar-refractivity contribution in [2.45, 2.75) is 0 Å². The molecule has 0 spiro atoms. The summed E-state index contributed by atoms with van der Waals surface area (Å²) in [5.74, 6) is -0.748. The molecule has 0 aliphatic rings. The first-order valence-corrected chi connectivity index (χ1v) is 6.51. The highest BCUT2D eigenvalue weighted by molar-refractivity contribution is 14.1. The van der Waals surface area contributed by atoms with Gasteiger partial charge in [0.05, 0.1) is 0 Å². The number of benzene rings is 1. The van der Waals surface area contributed by atoms with E-state index < -0.39 is 0 Å². The molecule has 0 fully saturated rings. The topological polar surface area (TPSA) is 71.1 Å². The van der Waals surface area contributed by atoms with Crippen LogP contribution in [-0.4, -0.2) is 16.8 Å². The van der Waals surface area contributed by atoms with Crippen molar-refractivity contribution in [3.63, 3.8) is 0 Å². The molecule has 2 aromatic rings. The minimum absolute atomic E-state index is 0.360. The number of aromatic nitrogens is 1. The third-order valence-electron chi connectivity index (χ3n) is 2.32. The summed E-state index contributed by atoms with van der Waals surface area (Å²) < 4.78 is 0.950. The number of amides is 2. The molecule has 0 aliphatic heterocycles. The van der Waals surface area contributed by atoms with Gasteiger partial charge < -0.3 is 0 Å². The Kier molecular flexibility index (Phi) is 4.45. The number of nitrogens with one attached hydrogen (secondary N) is 2. The fourth-order valence-electron chi connectivity index (χ4n) is 1.39. The Morgan fingerprint density at radius 1 is 0.947 bits per heavy atom. The van der Waals surface area contributed by atoms with E-state index in [-0.39, 0.29) is 11.8 Å². The van der Waals surface area contributed by atoms with Crippen molar-refractivity contribution in [2.24, 2.45) is 0 Å². The van der Waals surface area contributed by atoms with Gasteiger partial charge in [0.1, 0.15) is 0 Å². The van der Waals surface area contributed by atoms with Gasteiger partial charge >= 0.3 is 0 Å².